The predicted octanol–water partition coefficient (Wildman–Crippen LogP) is 4.21. The molecule has 4 saturated carbocycles. The molecule has 15 rings (SSSR count). The number of aliphatic hydroxyl groups is 6. The fourth-order valence-electron chi connectivity index (χ4n) is 16.2. The summed E-state index contributed by atoms with van der Waals surface area (Å²) < 4.78 is 31.1. The molecule has 4 aliphatic carbocycles. The van der Waals surface area contributed by atoms with Crippen molar-refractivity contribution < 1.29 is 108 Å². The van der Waals surface area contributed by atoms with Crippen molar-refractivity contribution in [3.8, 4) is 57.1 Å². The lowest BCUT2D eigenvalue weighted by molar-refractivity contribution is -0.277. The quantitative estimate of drug-likeness (QED) is 0.0515. The van der Waals surface area contributed by atoms with Gasteiger partial charge in [-0.05, 0) is 157 Å². The van der Waals surface area contributed by atoms with Gasteiger partial charge in [0.1, 0.15) is 102 Å². The first-order valence-electron chi connectivity index (χ1n) is 37.2. The van der Waals surface area contributed by atoms with E-state index in [1.54, 1.807) is 13.8 Å². The van der Waals surface area contributed by atoms with E-state index in [0.717, 1.165) is 113 Å². The Kier molecular flexibility index (Phi) is 25.2. The first kappa shape index (κ1) is 80.9. The number of ether oxygens (including phenoxy) is 5. The van der Waals surface area contributed by atoms with Crippen LogP contribution in [0.2, 0.25) is 10.0 Å². The molecule has 0 aromatic heterocycles. The summed E-state index contributed by atoms with van der Waals surface area (Å²) in [4.78, 5) is 134. The van der Waals surface area contributed by atoms with E-state index in [-0.39, 0.29) is 86.4 Å². The molecule has 111 heavy (non-hydrogen) atoms. The van der Waals surface area contributed by atoms with Gasteiger partial charge in [0.15, 0.2) is 11.5 Å². The Bertz CT molecular complexity index is 4370. The van der Waals surface area contributed by atoms with E-state index in [9.17, 15) is 60.0 Å². The zero-order chi connectivity index (χ0) is 79.5. The fraction of sp³-hybridized carbons (Fsp3) is 0.494. The van der Waals surface area contributed by atoms with Crippen molar-refractivity contribution in [2.45, 2.75) is 195 Å². The van der Waals surface area contributed by atoms with Gasteiger partial charge in [0.05, 0.1) is 29.1 Å². The zero-order valence-corrected chi connectivity index (χ0v) is 62.4. The molecule has 9 amide bonds. The van der Waals surface area contributed by atoms with Crippen molar-refractivity contribution in [1.82, 2.24) is 42.5 Å². The third kappa shape index (κ3) is 18.0. The Morgan fingerprint density at radius 1 is 0.631 bits per heavy atom. The number of hydrogen-bond acceptors (Lipinski definition) is 23. The van der Waals surface area contributed by atoms with Crippen molar-refractivity contribution in [3.63, 3.8) is 0 Å². The molecular weight excluding hydrogens is 1490 g/mol. The van der Waals surface area contributed by atoms with Gasteiger partial charge in [-0.2, -0.15) is 0 Å². The van der Waals surface area contributed by atoms with Crippen LogP contribution in [0.25, 0.3) is 11.1 Å². The van der Waals surface area contributed by atoms with Crippen molar-refractivity contribution in [3.05, 3.63) is 117 Å². The second kappa shape index (κ2) is 34.6. The van der Waals surface area contributed by atoms with Crippen LogP contribution < -0.4 is 72.9 Å². The average Bonchev–Trinajstić information content (AvgIpc) is 0.756. The minimum Gasteiger partial charge on any atom is -0.507 e. The minimum absolute atomic E-state index is 0.0496. The van der Waals surface area contributed by atoms with Gasteiger partial charge in [0.2, 0.25) is 59.3 Å². The fourth-order valence-corrected chi connectivity index (χ4v) is 16.7. The highest BCUT2D eigenvalue weighted by Crippen LogP contribution is 2.55. The molecule has 596 valence electrons. The number of carbonyl (C=O) groups is 9. The van der Waals surface area contributed by atoms with E-state index in [1.807, 2.05) is 0 Å². The van der Waals surface area contributed by atoms with Crippen LogP contribution in [0.5, 0.6) is 46.0 Å². The Morgan fingerprint density at radius 2 is 1.23 bits per heavy atom. The second-order valence-corrected chi connectivity index (χ2v) is 30.9. The number of phenolic OH excluding ortho intramolecular Hbond substituents is 2. The zero-order valence-electron chi connectivity index (χ0n) is 60.9. The normalized spacial score (nSPS) is 28.5. The third-order valence-corrected chi connectivity index (χ3v) is 22.2. The van der Waals surface area contributed by atoms with Crippen LogP contribution in [0.15, 0.2) is 78.9 Å². The van der Waals surface area contributed by atoms with E-state index >= 15 is 24.0 Å². The first-order chi connectivity index (χ1) is 52.9. The average molecular weight is 1580 g/mol. The summed E-state index contributed by atoms with van der Waals surface area (Å²) in [6.07, 6.45) is -6.15. The maximum atomic E-state index is 16.2. The Balaban J connectivity index is 1.04. The largest absolute Gasteiger partial charge is 0.507 e. The smallest absolute Gasteiger partial charge is 0.412 e. The monoisotopic (exact) mass is 1580 g/mol. The number of nitrogens with one attached hydrogen (secondary N) is 8. The topological polar surface area (TPSA) is 510 Å². The Labute approximate surface area is 647 Å². The van der Waals surface area contributed by atoms with E-state index in [2.05, 4.69) is 49.5 Å². The van der Waals surface area contributed by atoms with Crippen LogP contribution >= 0.6 is 23.2 Å². The number of halogens is 2. The summed E-state index contributed by atoms with van der Waals surface area (Å²) in [5.74, 6) is -13.2. The van der Waals surface area contributed by atoms with Crippen LogP contribution in [0.1, 0.15) is 162 Å². The molecular formula is C77H92Cl2N10O22. The number of unbranched alkanes of at least 4 members (excludes halogenated alkanes) is 5. The molecule has 15 bridgehead atoms. The number of aliphatic hydroxyl groups excluding tert-OH is 6. The number of aromatic hydroxyl groups is 2. The van der Waals surface area contributed by atoms with Gasteiger partial charge in [0, 0.05) is 29.8 Å². The molecule has 6 aliphatic heterocycles. The van der Waals surface area contributed by atoms with Gasteiger partial charge in [-0.1, -0.05) is 94.3 Å². The second-order valence-electron chi connectivity index (χ2n) is 30.1. The first-order valence-corrected chi connectivity index (χ1v) is 38.0. The number of rotatable bonds is 19. The van der Waals surface area contributed by atoms with Crippen molar-refractivity contribution in [1.29, 1.82) is 0 Å². The highest BCUT2D eigenvalue weighted by molar-refractivity contribution is 6.32. The summed E-state index contributed by atoms with van der Waals surface area (Å²) in [5.41, 5.74) is 9.90. The van der Waals surface area contributed by atoms with Crippen molar-refractivity contribution >= 4 is 76.6 Å². The van der Waals surface area contributed by atoms with E-state index in [4.69, 9.17) is 58.4 Å². The van der Waals surface area contributed by atoms with Crippen LogP contribution in [0, 0.1) is 29.6 Å². The van der Waals surface area contributed by atoms with E-state index in [1.165, 1.54) is 30.3 Å². The molecule has 32 nitrogen and oxygen atoms in total. The maximum Gasteiger partial charge on any atom is 0.412 e. The molecule has 5 aromatic carbocycles. The molecule has 34 heteroatoms. The van der Waals surface area contributed by atoms with Crippen LogP contribution in [-0.4, -0.2) is 168 Å². The van der Waals surface area contributed by atoms with Gasteiger partial charge in [-0.25, -0.2) is 4.79 Å². The number of fused-ring (bicyclic) bond motifs is 15. The van der Waals surface area contributed by atoms with Gasteiger partial charge >= 0.3 is 6.09 Å². The number of carbonyl (C=O) groups excluding carboxylic acids is 9. The molecule has 5 unspecified atom stereocenters. The Morgan fingerprint density at radius 3 is 1.86 bits per heavy atom. The molecule has 20 N–H and O–H groups in total. The standard InChI is InChI=1S/C77H92Cl2N10O22/c1-4-5-6-7-8-9-16-82-77(106)107-41-28-43-56(49(92)29-41)42-23-35(10-13-48(42)91)58-71(101)89-62(75(105)87-60(43)73(103)84-57-38-19-33-18-34(21-38)22-39(57)20-33)64(95)37-12-15-51(45(79)25-37)109-53-27-40-26-52(68(53)111-76-67(98)66(97)65(96)54(31-90)110-76)108-50-14-11-36(24-44(50)78)63(94)61(88-69(99)46(80)17-32(2)3)74(104)83-47(30-55(81)93)70(100)85-59(40)72(102)86-58/h10-15,23-29,32-34,38-39,46-47,54,57-67,76,90-92,94-98H,4-9,16-22,30-31,80H2,1-3H3,(H2,81,93)(H,82,106)(H,83,104)(H,84,103)(H,85,100)(H,86,102)(H,87,105)(H,88,99)(H,89,101)/t33?,34?,38?,39?,46-,47+,54?,57?,58-,59-,60+,61-,62+,63-,64-,65?,66?,67?,76?/m1/s1. The van der Waals surface area contributed by atoms with Gasteiger partial charge in [0.25, 0.3) is 0 Å². The van der Waals surface area contributed by atoms with Gasteiger partial charge < -0.3 is 119 Å². The Hall–Kier alpha value is -9.61. The van der Waals surface area contributed by atoms with Crippen LogP contribution in [-0.2, 0) is 43.1 Å². The summed E-state index contributed by atoms with van der Waals surface area (Å²) in [6.45, 7) is 4.90. The third-order valence-electron chi connectivity index (χ3n) is 21.6. The molecule has 1 saturated heterocycles. The van der Waals surface area contributed by atoms with Gasteiger partial charge in [-0.15, -0.1) is 0 Å². The molecule has 0 radical (unpaired) electrons. The van der Waals surface area contributed by atoms with Crippen molar-refractivity contribution in [2.75, 3.05) is 13.2 Å². The highest BCUT2D eigenvalue weighted by Gasteiger charge is 2.51. The molecule has 5 aromatic rings. The van der Waals surface area contributed by atoms with Crippen LogP contribution in [0.3, 0.4) is 0 Å². The SMILES string of the molecule is CCCCCCCCNC(=O)Oc1cc(O)c2c(c1)[C@@H](C(=O)NC1C3CC4CC(C3)CC1C4)NC(=O)[C@H]1NC(=O)[C@H](NC(=O)[C@@H]3NC(=O)[C@H](CC(N)=O)NC(=O)[C@H](NC(=O)[C@H](N)CC(C)C)[C@H](O)c4ccc(c(Cl)c4)Oc4cc3cc(c4OC3OC(CO)C(O)C(O)C3O)Oc3ccc(cc3Cl)[C@H]1O)c1ccc(O)c-2c1. The van der Waals surface area contributed by atoms with Crippen LogP contribution in [0.4, 0.5) is 4.79 Å². The molecule has 10 aliphatic rings. The minimum atomic E-state index is -2.32. The number of benzene rings is 5. The lowest BCUT2D eigenvalue weighted by atomic mass is 9.54. The van der Waals surface area contributed by atoms with E-state index < -0.39 is 197 Å². The molecule has 14 atom stereocenters. The molecule has 0 spiro atoms. The number of nitrogens with two attached hydrogens (primary N) is 2. The summed E-state index contributed by atoms with van der Waals surface area (Å²) >= 11 is 14.2. The number of amides is 9. The van der Waals surface area contributed by atoms with Gasteiger partial charge in [-0.3, -0.25) is 38.4 Å². The highest BCUT2D eigenvalue weighted by atomic mass is 35.5. The summed E-state index contributed by atoms with van der Waals surface area (Å²) in [7, 11) is 0. The lowest BCUT2D eigenvalue weighted by Crippen LogP contribution is -2.60. The molecule has 6 heterocycles. The summed E-state index contributed by atoms with van der Waals surface area (Å²) in [6, 6.07) is 0.203. The number of phenols is 2. The molecule has 5 fully saturated rings. The summed E-state index contributed by atoms with van der Waals surface area (Å²) in [5, 5.41) is 114. The maximum absolute atomic E-state index is 16.2. The number of hydrogen-bond donors (Lipinski definition) is 18. The lowest BCUT2D eigenvalue weighted by Gasteiger charge is -2.54. The van der Waals surface area contributed by atoms with E-state index in [0.29, 0.717) is 18.3 Å². The predicted molar refractivity (Wildman–Crippen MR) is 395 cm³/mol. The number of primary amides is 1. The van der Waals surface area contributed by atoms with Crippen molar-refractivity contribution in [2.24, 2.45) is 41.1 Å².